The van der Waals surface area contributed by atoms with Crippen LogP contribution in [0.15, 0.2) is 29.6 Å². The maximum Gasteiger partial charge on any atom is 0.271 e. The third-order valence-electron chi connectivity index (χ3n) is 3.86. The highest BCUT2D eigenvalue weighted by molar-refractivity contribution is 7.91. The van der Waals surface area contributed by atoms with Crippen molar-refractivity contribution in [1.29, 1.82) is 0 Å². The number of hydrogen-bond donors (Lipinski definition) is 3. The lowest BCUT2D eigenvalue weighted by Crippen LogP contribution is -2.51. The minimum Gasteiger partial charge on any atom is -0.375 e. The van der Waals surface area contributed by atoms with Gasteiger partial charge < -0.3 is 16.4 Å². The van der Waals surface area contributed by atoms with Crippen LogP contribution in [0.25, 0.3) is 0 Å². The molecule has 1 aliphatic rings. The molecular formula is C15H15FN4O4S2. The number of halogens is 1. The standard InChI is InChI=1S/C15H15FN4O4S2/c16-9-4-2-1-3-8(9)13(21)18-11-6-26(23,24)7-12(11)19-14(22)10-5-25-15(17)20-10/h1-5,11-12H,6-7H2,(H2,17,20)(H,18,21)(H,19,22)/t11-,12+/m0/s1. The van der Waals surface area contributed by atoms with E-state index in [1.54, 1.807) is 0 Å². The summed E-state index contributed by atoms with van der Waals surface area (Å²) in [7, 11) is -3.47. The molecule has 0 bridgehead atoms. The predicted octanol–water partition coefficient (Wildman–Crippen LogP) is 0.190. The van der Waals surface area contributed by atoms with E-state index in [1.807, 2.05) is 0 Å². The van der Waals surface area contributed by atoms with E-state index in [9.17, 15) is 22.4 Å². The van der Waals surface area contributed by atoms with Crippen molar-refractivity contribution in [3.63, 3.8) is 0 Å². The van der Waals surface area contributed by atoms with Gasteiger partial charge in [-0.3, -0.25) is 9.59 Å². The lowest BCUT2D eigenvalue weighted by Gasteiger charge is -2.20. The SMILES string of the molecule is Nc1nc(C(=O)N[C@@H]2CS(=O)(=O)C[C@@H]2NC(=O)c2ccccc2F)cs1. The third-order valence-corrected chi connectivity index (χ3v) is 6.27. The van der Waals surface area contributed by atoms with Crippen LogP contribution in [0.3, 0.4) is 0 Å². The Morgan fingerprint density at radius 1 is 1.15 bits per heavy atom. The number of carbonyl (C=O) groups is 2. The molecule has 1 aliphatic heterocycles. The van der Waals surface area contributed by atoms with Gasteiger partial charge in [0, 0.05) is 5.38 Å². The Labute approximate surface area is 152 Å². The summed E-state index contributed by atoms with van der Waals surface area (Å²) in [6.07, 6.45) is 0. The van der Waals surface area contributed by atoms with E-state index in [0.29, 0.717) is 0 Å². The molecule has 1 saturated heterocycles. The van der Waals surface area contributed by atoms with Crippen molar-refractivity contribution in [1.82, 2.24) is 15.6 Å². The van der Waals surface area contributed by atoms with Gasteiger partial charge in [-0.2, -0.15) is 0 Å². The molecule has 1 aromatic heterocycles. The van der Waals surface area contributed by atoms with Crippen LogP contribution < -0.4 is 16.4 Å². The third kappa shape index (κ3) is 3.99. The molecule has 2 atom stereocenters. The van der Waals surface area contributed by atoms with E-state index < -0.39 is 39.6 Å². The van der Waals surface area contributed by atoms with Crippen LogP contribution in [0.4, 0.5) is 9.52 Å². The summed E-state index contributed by atoms with van der Waals surface area (Å²) in [6.45, 7) is 0. The van der Waals surface area contributed by atoms with Crippen molar-refractivity contribution in [3.8, 4) is 0 Å². The van der Waals surface area contributed by atoms with Gasteiger partial charge in [0.05, 0.1) is 29.2 Å². The Bertz CT molecular complexity index is 960. The Morgan fingerprint density at radius 2 is 1.77 bits per heavy atom. The normalized spacial score (nSPS) is 21.3. The number of hydrogen-bond acceptors (Lipinski definition) is 7. The van der Waals surface area contributed by atoms with Crippen LogP contribution in [-0.4, -0.2) is 48.8 Å². The average molecular weight is 398 g/mol. The first-order valence-corrected chi connectivity index (χ1v) is 10.2. The van der Waals surface area contributed by atoms with Crippen molar-refractivity contribution in [2.75, 3.05) is 17.2 Å². The number of thiazole rings is 1. The number of benzene rings is 1. The number of nitrogen functional groups attached to an aromatic ring is 1. The molecule has 11 heteroatoms. The number of anilines is 1. The summed E-state index contributed by atoms with van der Waals surface area (Å²) >= 11 is 1.08. The number of sulfone groups is 1. The molecule has 138 valence electrons. The Balaban J connectivity index is 1.75. The fourth-order valence-corrected chi connectivity index (χ4v) is 5.06. The number of nitrogens with two attached hydrogens (primary N) is 1. The summed E-state index contributed by atoms with van der Waals surface area (Å²) in [6, 6.07) is 3.62. The number of nitrogens with zero attached hydrogens (tertiary/aromatic N) is 1. The average Bonchev–Trinajstić information content (AvgIpc) is 3.11. The van der Waals surface area contributed by atoms with Crippen LogP contribution >= 0.6 is 11.3 Å². The Morgan fingerprint density at radius 3 is 2.35 bits per heavy atom. The van der Waals surface area contributed by atoms with Crippen LogP contribution in [0.1, 0.15) is 20.8 Å². The van der Waals surface area contributed by atoms with E-state index in [-0.39, 0.29) is 27.9 Å². The van der Waals surface area contributed by atoms with E-state index in [1.165, 1.54) is 23.6 Å². The second kappa shape index (κ2) is 7.00. The summed E-state index contributed by atoms with van der Waals surface area (Å²) in [5.74, 6) is -2.74. The molecule has 26 heavy (non-hydrogen) atoms. The number of nitrogens with one attached hydrogen (secondary N) is 2. The Hall–Kier alpha value is -2.53. The molecule has 0 radical (unpaired) electrons. The van der Waals surface area contributed by atoms with E-state index >= 15 is 0 Å². The zero-order valence-electron chi connectivity index (χ0n) is 13.3. The first-order chi connectivity index (χ1) is 12.2. The van der Waals surface area contributed by atoms with Crippen molar-refractivity contribution < 1.29 is 22.4 Å². The molecule has 0 spiro atoms. The summed E-state index contributed by atoms with van der Waals surface area (Å²) in [5.41, 5.74) is 5.34. The van der Waals surface area contributed by atoms with E-state index in [0.717, 1.165) is 17.4 Å². The van der Waals surface area contributed by atoms with E-state index in [4.69, 9.17) is 5.73 Å². The van der Waals surface area contributed by atoms with Gasteiger partial charge in [0.25, 0.3) is 11.8 Å². The molecule has 1 fully saturated rings. The van der Waals surface area contributed by atoms with Crippen molar-refractivity contribution >= 4 is 38.1 Å². The molecule has 8 nitrogen and oxygen atoms in total. The molecule has 3 rings (SSSR count). The summed E-state index contributed by atoms with van der Waals surface area (Å²) in [4.78, 5) is 28.3. The van der Waals surface area contributed by atoms with Gasteiger partial charge in [-0.05, 0) is 12.1 Å². The van der Waals surface area contributed by atoms with Gasteiger partial charge in [-0.1, -0.05) is 12.1 Å². The Kier molecular flexibility index (Phi) is 4.92. The smallest absolute Gasteiger partial charge is 0.271 e. The minimum absolute atomic E-state index is 0.0657. The van der Waals surface area contributed by atoms with Crippen LogP contribution in [0.5, 0.6) is 0 Å². The summed E-state index contributed by atoms with van der Waals surface area (Å²) < 4.78 is 37.6. The molecule has 0 unspecified atom stereocenters. The molecule has 2 amide bonds. The van der Waals surface area contributed by atoms with E-state index in [2.05, 4.69) is 15.6 Å². The molecule has 0 saturated carbocycles. The molecule has 1 aromatic carbocycles. The maximum absolute atomic E-state index is 13.7. The lowest BCUT2D eigenvalue weighted by molar-refractivity contribution is 0.0892. The highest BCUT2D eigenvalue weighted by atomic mass is 32.2. The van der Waals surface area contributed by atoms with Crippen molar-refractivity contribution in [2.24, 2.45) is 0 Å². The second-order valence-electron chi connectivity index (χ2n) is 5.79. The summed E-state index contributed by atoms with van der Waals surface area (Å²) in [5, 5.41) is 6.69. The highest BCUT2D eigenvalue weighted by Crippen LogP contribution is 2.16. The molecular weight excluding hydrogens is 383 g/mol. The molecule has 2 heterocycles. The molecule has 4 N–H and O–H groups in total. The highest BCUT2D eigenvalue weighted by Gasteiger charge is 2.40. The minimum atomic E-state index is -3.47. The lowest BCUT2D eigenvalue weighted by atomic mass is 10.1. The second-order valence-corrected chi connectivity index (χ2v) is 8.83. The number of aromatic nitrogens is 1. The van der Waals surface area contributed by atoms with Crippen molar-refractivity contribution in [3.05, 3.63) is 46.7 Å². The first kappa shape index (κ1) is 18.3. The van der Waals surface area contributed by atoms with Gasteiger partial charge in [-0.15, -0.1) is 11.3 Å². The molecule has 0 aliphatic carbocycles. The van der Waals surface area contributed by atoms with Gasteiger partial charge in [0.15, 0.2) is 15.0 Å². The zero-order chi connectivity index (χ0) is 18.9. The fraction of sp³-hybridized carbons (Fsp3) is 0.267. The maximum atomic E-state index is 13.7. The predicted molar refractivity (Wildman–Crippen MR) is 94.1 cm³/mol. The largest absolute Gasteiger partial charge is 0.375 e. The quantitative estimate of drug-likeness (QED) is 0.674. The van der Waals surface area contributed by atoms with Crippen LogP contribution in [-0.2, 0) is 9.84 Å². The van der Waals surface area contributed by atoms with Gasteiger partial charge >= 0.3 is 0 Å². The number of amides is 2. The van der Waals surface area contributed by atoms with Gasteiger partial charge in [-0.25, -0.2) is 17.8 Å². The van der Waals surface area contributed by atoms with Crippen LogP contribution in [0.2, 0.25) is 0 Å². The van der Waals surface area contributed by atoms with Crippen LogP contribution in [0, 0.1) is 5.82 Å². The zero-order valence-corrected chi connectivity index (χ0v) is 14.9. The fourth-order valence-electron chi connectivity index (χ4n) is 2.66. The van der Waals surface area contributed by atoms with Gasteiger partial charge in [0.2, 0.25) is 0 Å². The molecule has 2 aromatic rings. The monoisotopic (exact) mass is 398 g/mol. The topological polar surface area (TPSA) is 131 Å². The van der Waals surface area contributed by atoms with Crippen molar-refractivity contribution in [2.45, 2.75) is 12.1 Å². The van der Waals surface area contributed by atoms with Gasteiger partial charge in [0.1, 0.15) is 11.5 Å². The number of rotatable bonds is 4. The number of carbonyl (C=O) groups excluding carboxylic acids is 2. The first-order valence-electron chi connectivity index (χ1n) is 7.53.